The number of hydrogen-bond acceptors (Lipinski definition) is 4. The van der Waals surface area contributed by atoms with E-state index in [1.165, 1.54) is 0 Å². The zero-order valence-electron chi connectivity index (χ0n) is 17.1. The molecule has 1 aliphatic rings. The normalized spacial score (nSPS) is 14.2. The molecule has 154 valence electrons. The molecule has 0 aliphatic carbocycles. The summed E-state index contributed by atoms with van der Waals surface area (Å²) >= 11 is 0. The van der Waals surface area contributed by atoms with Crippen molar-refractivity contribution in [2.45, 2.75) is 45.8 Å². The molecule has 0 bridgehead atoms. The summed E-state index contributed by atoms with van der Waals surface area (Å²) in [5.41, 5.74) is 1.73. The van der Waals surface area contributed by atoms with Crippen LogP contribution in [0, 0.1) is 12.7 Å². The van der Waals surface area contributed by atoms with Crippen molar-refractivity contribution in [3.05, 3.63) is 72.0 Å². The molecule has 1 aromatic carbocycles. The first-order chi connectivity index (χ1) is 14.2. The highest BCUT2D eigenvalue weighted by molar-refractivity contribution is 5.49. The lowest BCUT2D eigenvalue weighted by atomic mass is 10.1. The fraction of sp³-hybridized carbons (Fsp3) is 0.435. The summed E-state index contributed by atoms with van der Waals surface area (Å²) < 4.78 is 22.6. The maximum Gasteiger partial charge on any atom is 0.146 e. The number of nitrogens with zero attached hydrogens (tertiary/aromatic N) is 4. The van der Waals surface area contributed by atoms with Crippen LogP contribution in [0.2, 0.25) is 0 Å². The lowest BCUT2D eigenvalue weighted by molar-refractivity contribution is 0.227. The van der Waals surface area contributed by atoms with Crippen LogP contribution in [0.1, 0.15) is 36.3 Å². The van der Waals surface area contributed by atoms with Crippen LogP contribution in [-0.2, 0) is 19.6 Å². The van der Waals surface area contributed by atoms with Crippen molar-refractivity contribution in [1.82, 2.24) is 14.5 Å². The van der Waals surface area contributed by atoms with E-state index in [0.29, 0.717) is 13.1 Å². The van der Waals surface area contributed by atoms with Crippen LogP contribution in [0.15, 0.2) is 53.5 Å². The lowest BCUT2D eigenvalue weighted by Crippen LogP contribution is -2.25. The second-order valence-corrected chi connectivity index (χ2v) is 7.86. The lowest BCUT2D eigenvalue weighted by Gasteiger charge is -2.23. The molecule has 2 aromatic heterocycles. The molecule has 4 rings (SSSR count). The van der Waals surface area contributed by atoms with E-state index in [0.717, 1.165) is 68.2 Å². The number of rotatable bonds is 9. The third-order valence-corrected chi connectivity index (χ3v) is 5.49. The largest absolute Gasteiger partial charge is 0.465 e. The summed E-state index contributed by atoms with van der Waals surface area (Å²) in [5.74, 6) is 1.75. The van der Waals surface area contributed by atoms with E-state index < -0.39 is 0 Å². The van der Waals surface area contributed by atoms with Gasteiger partial charge in [0.25, 0.3) is 0 Å². The fourth-order valence-corrected chi connectivity index (χ4v) is 4.02. The first-order valence-corrected chi connectivity index (χ1v) is 10.4. The quantitative estimate of drug-likeness (QED) is 0.529. The molecule has 3 heterocycles. The third kappa shape index (κ3) is 5.26. The van der Waals surface area contributed by atoms with Gasteiger partial charge in [0.15, 0.2) is 0 Å². The van der Waals surface area contributed by atoms with Gasteiger partial charge in [-0.1, -0.05) is 6.07 Å². The number of halogens is 1. The Labute approximate surface area is 171 Å². The van der Waals surface area contributed by atoms with Gasteiger partial charge in [-0.25, -0.2) is 9.37 Å². The number of furan rings is 1. The van der Waals surface area contributed by atoms with Crippen molar-refractivity contribution in [1.29, 1.82) is 0 Å². The number of aryl methyl sites for hydroxylation is 2. The molecule has 0 saturated carbocycles. The Hall–Kier alpha value is -2.60. The van der Waals surface area contributed by atoms with Gasteiger partial charge in [-0.05, 0) is 56.0 Å². The van der Waals surface area contributed by atoms with Gasteiger partial charge in [0, 0.05) is 45.1 Å². The van der Waals surface area contributed by atoms with E-state index in [-0.39, 0.29) is 5.82 Å². The maximum absolute atomic E-state index is 14.7. The molecule has 1 fully saturated rings. The second-order valence-electron chi connectivity index (χ2n) is 7.86. The molecule has 3 aromatic rings. The number of aromatic nitrogens is 2. The summed E-state index contributed by atoms with van der Waals surface area (Å²) in [7, 11) is 0. The van der Waals surface area contributed by atoms with E-state index in [9.17, 15) is 4.39 Å². The monoisotopic (exact) mass is 396 g/mol. The van der Waals surface area contributed by atoms with Crippen LogP contribution in [0.3, 0.4) is 0 Å². The van der Waals surface area contributed by atoms with Crippen molar-refractivity contribution in [3.63, 3.8) is 0 Å². The summed E-state index contributed by atoms with van der Waals surface area (Å²) in [6.07, 6.45) is 8.90. The fourth-order valence-electron chi connectivity index (χ4n) is 4.02. The summed E-state index contributed by atoms with van der Waals surface area (Å²) in [6, 6.07) is 9.71. The Bertz CT molecular complexity index is 900. The molecular formula is C23H29FN4O. The molecule has 6 heteroatoms. The minimum atomic E-state index is -0.114. The minimum absolute atomic E-state index is 0.114. The van der Waals surface area contributed by atoms with Crippen LogP contribution >= 0.6 is 0 Å². The Kier molecular flexibility index (Phi) is 6.30. The van der Waals surface area contributed by atoms with Crippen LogP contribution in [-0.4, -0.2) is 34.1 Å². The SMILES string of the molecule is Cc1ccc(CN(CCCn2ccnc2)Cc2ccc(N3CCCC3)c(F)c2)o1. The average Bonchev–Trinajstić information content (AvgIpc) is 3.45. The van der Waals surface area contributed by atoms with E-state index in [4.69, 9.17) is 4.42 Å². The predicted molar refractivity (Wildman–Crippen MR) is 112 cm³/mol. The van der Waals surface area contributed by atoms with Crippen molar-refractivity contribution in [2.75, 3.05) is 24.5 Å². The molecule has 1 saturated heterocycles. The molecule has 0 atom stereocenters. The van der Waals surface area contributed by atoms with Crippen molar-refractivity contribution >= 4 is 5.69 Å². The van der Waals surface area contributed by atoms with Crippen molar-refractivity contribution in [3.8, 4) is 0 Å². The van der Waals surface area contributed by atoms with E-state index in [1.807, 2.05) is 37.6 Å². The summed E-state index contributed by atoms with van der Waals surface area (Å²) in [4.78, 5) is 8.56. The van der Waals surface area contributed by atoms with Gasteiger partial charge < -0.3 is 13.9 Å². The zero-order chi connectivity index (χ0) is 20.1. The topological polar surface area (TPSA) is 37.4 Å². The van der Waals surface area contributed by atoms with Crippen LogP contribution in [0.4, 0.5) is 10.1 Å². The maximum atomic E-state index is 14.7. The van der Waals surface area contributed by atoms with Crippen LogP contribution in [0.5, 0.6) is 0 Å². The van der Waals surface area contributed by atoms with Gasteiger partial charge in [0.1, 0.15) is 17.3 Å². The zero-order valence-corrected chi connectivity index (χ0v) is 17.1. The highest BCUT2D eigenvalue weighted by Crippen LogP contribution is 2.25. The minimum Gasteiger partial charge on any atom is -0.465 e. The first-order valence-electron chi connectivity index (χ1n) is 10.4. The van der Waals surface area contributed by atoms with E-state index >= 15 is 0 Å². The van der Waals surface area contributed by atoms with E-state index in [2.05, 4.69) is 25.4 Å². The Morgan fingerprint density at radius 3 is 2.69 bits per heavy atom. The van der Waals surface area contributed by atoms with Gasteiger partial charge in [0.05, 0.1) is 18.6 Å². The predicted octanol–water partition coefficient (Wildman–Crippen LogP) is 4.62. The number of hydrogen-bond donors (Lipinski definition) is 0. The molecule has 0 unspecified atom stereocenters. The molecule has 0 radical (unpaired) electrons. The molecule has 1 aliphatic heterocycles. The highest BCUT2D eigenvalue weighted by atomic mass is 19.1. The van der Waals surface area contributed by atoms with Gasteiger partial charge in [0.2, 0.25) is 0 Å². The molecule has 0 amide bonds. The van der Waals surface area contributed by atoms with Gasteiger partial charge in [-0.3, -0.25) is 4.90 Å². The molecule has 0 spiro atoms. The smallest absolute Gasteiger partial charge is 0.146 e. The average molecular weight is 397 g/mol. The number of imidazole rings is 1. The molecular weight excluding hydrogens is 367 g/mol. The van der Waals surface area contributed by atoms with Gasteiger partial charge >= 0.3 is 0 Å². The van der Waals surface area contributed by atoms with E-state index in [1.54, 1.807) is 12.3 Å². The number of anilines is 1. The Balaban J connectivity index is 1.42. The molecule has 29 heavy (non-hydrogen) atoms. The van der Waals surface area contributed by atoms with Crippen molar-refractivity contribution in [2.24, 2.45) is 0 Å². The molecule has 5 nitrogen and oxygen atoms in total. The van der Waals surface area contributed by atoms with Gasteiger partial charge in [-0.15, -0.1) is 0 Å². The second kappa shape index (κ2) is 9.27. The van der Waals surface area contributed by atoms with Gasteiger partial charge in [-0.2, -0.15) is 0 Å². The Morgan fingerprint density at radius 1 is 1.14 bits per heavy atom. The van der Waals surface area contributed by atoms with Crippen LogP contribution in [0.25, 0.3) is 0 Å². The summed E-state index contributed by atoms with van der Waals surface area (Å²) in [5, 5.41) is 0. The first kappa shape index (κ1) is 19.7. The molecule has 0 N–H and O–H groups in total. The number of benzene rings is 1. The van der Waals surface area contributed by atoms with Crippen molar-refractivity contribution < 1.29 is 8.81 Å². The summed E-state index contributed by atoms with van der Waals surface area (Å²) in [6.45, 7) is 7.08. The highest BCUT2D eigenvalue weighted by Gasteiger charge is 2.17. The third-order valence-electron chi connectivity index (χ3n) is 5.49. The van der Waals surface area contributed by atoms with Crippen LogP contribution < -0.4 is 4.90 Å². The Morgan fingerprint density at radius 2 is 2.00 bits per heavy atom. The standard InChI is InChI=1S/C23H29FN4O/c1-19-5-7-21(29-19)17-27(11-4-10-26-14-9-25-18-26)16-20-6-8-23(22(24)15-20)28-12-2-3-13-28/h5-9,14-15,18H,2-4,10-13,16-17H2,1H3.